The Morgan fingerprint density at radius 2 is 1.84 bits per heavy atom. The van der Waals surface area contributed by atoms with Gasteiger partial charge < -0.3 is 10.6 Å². The van der Waals surface area contributed by atoms with Crippen LogP contribution in [0.4, 0.5) is 11.6 Å². The average Bonchev–Trinajstić information content (AvgIpc) is 2.47. The van der Waals surface area contributed by atoms with Crippen LogP contribution in [0.5, 0.6) is 0 Å². The van der Waals surface area contributed by atoms with Gasteiger partial charge in [-0.2, -0.15) is 0 Å². The normalized spacial score (nSPS) is 11.9. The Labute approximate surface area is 113 Å². The van der Waals surface area contributed by atoms with E-state index in [-0.39, 0.29) is 6.04 Å². The van der Waals surface area contributed by atoms with Crippen molar-refractivity contribution in [3.63, 3.8) is 0 Å². The van der Waals surface area contributed by atoms with Crippen molar-refractivity contribution in [3.8, 4) is 0 Å². The smallest absolute Gasteiger partial charge is 0.132 e. The van der Waals surface area contributed by atoms with Crippen molar-refractivity contribution in [2.45, 2.75) is 26.3 Å². The lowest BCUT2D eigenvalue weighted by Crippen LogP contribution is -2.10. The van der Waals surface area contributed by atoms with Gasteiger partial charge in [-0.15, -0.1) is 0 Å². The van der Waals surface area contributed by atoms with Gasteiger partial charge in [0.1, 0.15) is 17.5 Å². The fourth-order valence-electron chi connectivity index (χ4n) is 1.81. The molecule has 0 spiro atoms. The van der Waals surface area contributed by atoms with E-state index in [1.54, 1.807) is 12.4 Å². The first-order chi connectivity index (χ1) is 9.22. The number of pyridine rings is 1. The van der Waals surface area contributed by atoms with Crippen LogP contribution in [0.15, 0.2) is 30.6 Å². The largest absolute Gasteiger partial charge is 0.373 e. The molecule has 1 atom stereocenters. The third-order valence-electron chi connectivity index (χ3n) is 2.92. The van der Waals surface area contributed by atoms with Crippen LogP contribution >= 0.6 is 0 Å². The van der Waals surface area contributed by atoms with Crippen molar-refractivity contribution in [2.75, 3.05) is 17.7 Å². The van der Waals surface area contributed by atoms with Gasteiger partial charge in [-0.05, 0) is 24.6 Å². The minimum absolute atomic E-state index is 0.173. The molecular weight excluding hydrogens is 238 g/mol. The molecule has 5 heteroatoms. The van der Waals surface area contributed by atoms with E-state index in [4.69, 9.17) is 0 Å². The highest BCUT2D eigenvalue weighted by Gasteiger charge is 2.08. The lowest BCUT2D eigenvalue weighted by molar-refractivity contribution is 0.855. The topological polar surface area (TPSA) is 62.7 Å². The first kappa shape index (κ1) is 13.3. The van der Waals surface area contributed by atoms with Crippen LogP contribution in [0.25, 0.3) is 0 Å². The molecule has 2 aromatic rings. The monoisotopic (exact) mass is 257 g/mol. The summed E-state index contributed by atoms with van der Waals surface area (Å²) in [6, 6.07) is 6.08. The lowest BCUT2D eigenvalue weighted by atomic mass is 10.1. The molecule has 0 aliphatic carbocycles. The third kappa shape index (κ3) is 3.40. The number of nitrogens with zero attached hydrogens (tertiary/aromatic N) is 3. The van der Waals surface area contributed by atoms with Gasteiger partial charge in [0.15, 0.2) is 0 Å². The Bertz CT molecular complexity index is 504. The predicted molar refractivity (Wildman–Crippen MR) is 77.2 cm³/mol. The Morgan fingerprint density at radius 1 is 1.16 bits per heavy atom. The quantitative estimate of drug-likeness (QED) is 0.862. The zero-order valence-electron chi connectivity index (χ0n) is 11.5. The number of aromatic nitrogens is 3. The summed E-state index contributed by atoms with van der Waals surface area (Å²) in [6.45, 7) is 4.15. The van der Waals surface area contributed by atoms with E-state index in [1.165, 1.54) is 5.56 Å². The van der Waals surface area contributed by atoms with E-state index >= 15 is 0 Å². The highest BCUT2D eigenvalue weighted by atomic mass is 15.1. The van der Waals surface area contributed by atoms with Crippen LogP contribution in [-0.4, -0.2) is 22.0 Å². The number of anilines is 2. The van der Waals surface area contributed by atoms with Gasteiger partial charge in [0.2, 0.25) is 0 Å². The standard InChI is InChI=1S/C14H19N5/c1-4-12-18-13(15-3)9-14(19-12)17-10(2)11-5-7-16-8-6-11/h5-10H,4H2,1-3H3,(H2,15,17,18,19). The van der Waals surface area contributed by atoms with Crippen LogP contribution in [0.1, 0.15) is 31.3 Å². The second-order valence-corrected chi connectivity index (χ2v) is 4.30. The second kappa shape index (κ2) is 6.13. The number of hydrogen-bond acceptors (Lipinski definition) is 5. The molecule has 2 heterocycles. The molecule has 1 unspecified atom stereocenters. The SMILES string of the molecule is CCc1nc(NC)cc(NC(C)c2ccncc2)n1. The van der Waals surface area contributed by atoms with E-state index in [1.807, 2.05) is 32.2 Å². The minimum atomic E-state index is 0.173. The van der Waals surface area contributed by atoms with E-state index in [0.29, 0.717) is 0 Å². The van der Waals surface area contributed by atoms with Gasteiger partial charge in [-0.25, -0.2) is 9.97 Å². The summed E-state index contributed by atoms with van der Waals surface area (Å²) in [5.74, 6) is 2.49. The molecule has 0 amide bonds. The Hall–Kier alpha value is -2.17. The fourth-order valence-corrected chi connectivity index (χ4v) is 1.81. The van der Waals surface area contributed by atoms with Crippen LogP contribution in [-0.2, 0) is 6.42 Å². The van der Waals surface area contributed by atoms with Gasteiger partial charge in [0.05, 0.1) is 6.04 Å². The molecule has 0 aliphatic heterocycles. The maximum atomic E-state index is 4.49. The molecule has 100 valence electrons. The molecule has 0 aliphatic rings. The van der Waals surface area contributed by atoms with Crippen molar-refractivity contribution in [3.05, 3.63) is 42.0 Å². The molecule has 19 heavy (non-hydrogen) atoms. The summed E-state index contributed by atoms with van der Waals surface area (Å²) in [7, 11) is 1.86. The average molecular weight is 257 g/mol. The van der Waals surface area contributed by atoms with Gasteiger partial charge in [0, 0.05) is 31.9 Å². The van der Waals surface area contributed by atoms with Crippen LogP contribution < -0.4 is 10.6 Å². The molecule has 2 aromatic heterocycles. The van der Waals surface area contributed by atoms with Crippen molar-refractivity contribution < 1.29 is 0 Å². The first-order valence-corrected chi connectivity index (χ1v) is 6.45. The van der Waals surface area contributed by atoms with Crippen molar-refractivity contribution in [1.29, 1.82) is 0 Å². The summed E-state index contributed by atoms with van der Waals surface area (Å²) >= 11 is 0. The molecule has 0 saturated carbocycles. The molecule has 0 bridgehead atoms. The highest BCUT2D eigenvalue weighted by molar-refractivity contribution is 5.48. The van der Waals surface area contributed by atoms with Crippen LogP contribution in [0.3, 0.4) is 0 Å². The van der Waals surface area contributed by atoms with Crippen molar-refractivity contribution in [2.24, 2.45) is 0 Å². The maximum absolute atomic E-state index is 4.49. The van der Waals surface area contributed by atoms with Gasteiger partial charge in [0.25, 0.3) is 0 Å². The van der Waals surface area contributed by atoms with Gasteiger partial charge >= 0.3 is 0 Å². The summed E-state index contributed by atoms with van der Waals surface area (Å²) in [6.07, 6.45) is 4.40. The summed E-state index contributed by atoms with van der Waals surface area (Å²) in [4.78, 5) is 12.9. The Kier molecular flexibility index (Phi) is 4.28. The number of aryl methyl sites for hydroxylation is 1. The van der Waals surface area contributed by atoms with E-state index < -0.39 is 0 Å². The highest BCUT2D eigenvalue weighted by Crippen LogP contribution is 2.19. The molecular formula is C14H19N5. The van der Waals surface area contributed by atoms with E-state index in [9.17, 15) is 0 Å². The molecule has 0 saturated heterocycles. The zero-order valence-corrected chi connectivity index (χ0v) is 11.5. The maximum Gasteiger partial charge on any atom is 0.132 e. The predicted octanol–water partition coefficient (Wildman–Crippen LogP) is 2.65. The number of nitrogens with one attached hydrogen (secondary N) is 2. The molecule has 0 aromatic carbocycles. The van der Waals surface area contributed by atoms with Gasteiger partial charge in [-0.1, -0.05) is 6.92 Å². The van der Waals surface area contributed by atoms with Crippen LogP contribution in [0, 0.1) is 0 Å². The zero-order chi connectivity index (χ0) is 13.7. The molecule has 0 radical (unpaired) electrons. The molecule has 5 nitrogen and oxygen atoms in total. The van der Waals surface area contributed by atoms with Gasteiger partial charge in [-0.3, -0.25) is 4.98 Å². The lowest BCUT2D eigenvalue weighted by Gasteiger charge is -2.16. The van der Waals surface area contributed by atoms with Crippen molar-refractivity contribution in [1.82, 2.24) is 15.0 Å². The Morgan fingerprint density at radius 3 is 2.47 bits per heavy atom. The number of rotatable bonds is 5. The first-order valence-electron chi connectivity index (χ1n) is 6.45. The summed E-state index contributed by atoms with van der Waals surface area (Å²) < 4.78 is 0. The van der Waals surface area contributed by atoms with E-state index in [2.05, 4.69) is 32.5 Å². The van der Waals surface area contributed by atoms with E-state index in [0.717, 1.165) is 23.9 Å². The molecule has 2 rings (SSSR count). The minimum Gasteiger partial charge on any atom is -0.373 e. The van der Waals surface area contributed by atoms with Crippen molar-refractivity contribution >= 4 is 11.6 Å². The molecule has 0 fully saturated rings. The van der Waals surface area contributed by atoms with Crippen LogP contribution in [0.2, 0.25) is 0 Å². The number of hydrogen-bond donors (Lipinski definition) is 2. The summed E-state index contributed by atoms with van der Waals surface area (Å²) in [5.41, 5.74) is 1.18. The Balaban J connectivity index is 2.18. The second-order valence-electron chi connectivity index (χ2n) is 4.30. The molecule has 2 N–H and O–H groups in total. The third-order valence-corrected chi connectivity index (χ3v) is 2.92. The summed E-state index contributed by atoms with van der Waals surface area (Å²) in [5, 5.41) is 6.44. The fraction of sp³-hybridized carbons (Fsp3) is 0.357.